The number of amides is 3. The Balaban J connectivity index is 1.49. The molecule has 1 saturated heterocycles. The molecule has 1 aliphatic heterocycles. The Morgan fingerprint density at radius 2 is 1.58 bits per heavy atom. The van der Waals surface area contributed by atoms with Crippen molar-refractivity contribution in [3.63, 3.8) is 0 Å². The highest BCUT2D eigenvalue weighted by atomic mass is 19.1. The van der Waals surface area contributed by atoms with E-state index in [1.165, 1.54) is 37.3 Å². The first-order valence-corrected chi connectivity index (χ1v) is 11.5. The molecule has 3 amide bonds. The zero-order valence-electron chi connectivity index (χ0n) is 19.8. The van der Waals surface area contributed by atoms with Crippen LogP contribution in [0, 0.1) is 11.6 Å². The summed E-state index contributed by atoms with van der Waals surface area (Å²) < 4.78 is 26.7. The van der Waals surface area contributed by atoms with Gasteiger partial charge in [0.15, 0.2) is 0 Å². The van der Waals surface area contributed by atoms with Crippen LogP contribution in [0.4, 0.5) is 20.2 Å². The van der Waals surface area contributed by atoms with E-state index in [4.69, 9.17) is 0 Å². The van der Waals surface area contributed by atoms with Gasteiger partial charge in [0, 0.05) is 56.6 Å². The van der Waals surface area contributed by atoms with E-state index in [9.17, 15) is 23.2 Å². The number of halogens is 2. The fourth-order valence-corrected chi connectivity index (χ4v) is 4.11. The minimum Gasteiger partial charge on any atom is -0.367 e. The molecule has 0 bridgehead atoms. The standard InChI is InChI=1S/C27H26F2N4O3/c1-18(34)31-23-9-10-25(24(16-23)26(35)30-17-19-5-7-21(28)8-6-19)32-11-13-33(14-12-32)27(36)20-3-2-4-22(29)15-20/h2-10,15-16H,11-14,17H2,1H3,(H,30,35)(H,31,34). The van der Waals surface area contributed by atoms with Crippen LogP contribution in [-0.2, 0) is 11.3 Å². The maximum absolute atomic E-state index is 13.5. The smallest absolute Gasteiger partial charge is 0.254 e. The van der Waals surface area contributed by atoms with Gasteiger partial charge in [0.25, 0.3) is 11.8 Å². The molecule has 0 aromatic heterocycles. The summed E-state index contributed by atoms with van der Waals surface area (Å²) in [6.07, 6.45) is 0. The lowest BCUT2D eigenvalue weighted by Gasteiger charge is -2.37. The van der Waals surface area contributed by atoms with E-state index in [1.807, 2.05) is 4.90 Å². The molecule has 4 rings (SSSR count). The zero-order valence-corrected chi connectivity index (χ0v) is 19.8. The second-order valence-electron chi connectivity index (χ2n) is 8.51. The molecule has 3 aromatic carbocycles. The molecule has 0 aliphatic carbocycles. The van der Waals surface area contributed by atoms with E-state index in [-0.39, 0.29) is 30.1 Å². The van der Waals surface area contributed by atoms with Crippen LogP contribution in [0.3, 0.4) is 0 Å². The summed E-state index contributed by atoms with van der Waals surface area (Å²) in [6, 6.07) is 16.6. The number of hydrogen-bond acceptors (Lipinski definition) is 4. The highest BCUT2D eigenvalue weighted by molar-refractivity contribution is 6.02. The van der Waals surface area contributed by atoms with Gasteiger partial charge in [-0.25, -0.2) is 8.78 Å². The number of carbonyl (C=O) groups is 3. The van der Waals surface area contributed by atoms with Gasteiger partial charge in [-0.3, -0.25) is 14.4 Å². The lowest BCUT2D eigenvalue weighted by atomic mass is 10.1. The fraction of sp³-hybridized carbons (Fsp3) is 0.222. The number of piperazine rings is 1. The molecule has 1 fully saturated rings. The lowest BCUT2D eigenvalue weighted by Crippen LogP contribution is -2.49. The molecule has 0 unspecified atom stereocenters. The van der Waals surface area contributed by atoms with Gasteiger partial charge in [0.2, 0.25) is 5.91 Å². The number of hydrogen-bond donors (Lipinski definition) is 2. The van der Waals surface area contributed by atoms with E-state index in [2.05, 4.69) is 10.6 Å². The van der Waals surface area contributed by atoms with Crippen molar-refractivity contribution >= 4 is 29.1 Å². The topological polar surface area (TPSA) is 81.8 Å². The fourth-order valence-electron chi connectivity index (χ4n) is 4.11. The van der Waals surface area contributed by atoms with Crippen LogP contribution in [0.25, 0.3) is 0 Å². The molecule has 0 saturated carbocycles. The van der Waals surface area contributed by atoms with Crippen LogP contribution in [-0.4, -0.2) is 48.8 Å². The van der Waals surface area contributed by atoms with E-state index < -0.39 is 5.82 Å². The van der Waals surface area contributed by atoms with Crippen molar-refractivity contribution in [1.29, 1.82) is 0 Å². The molecular formula is C27H26F2N4O3. The molecule has 0 spiro atoms. The minimum absolute atomic E-state index is 0.207. The zero-order chi connectivity index (χ0) is 25.7. The molecule has 0 atom stereocenters. The van der Waals surface area contributed by atoms with Crippen molar-refractivity contribution in [3.8, 4) is 0 Å². The lowest BCUT2D eigenvalue weighted by molar-refractivity contribution is -0.114. The quantitative estimate of drug-likeness (QED) is 0.548. The van der Waals surface area contributed by atoms with Crippen molar-refractivity contribution in [2.45, 2.75) is 13.5 Å². The van der Waals surface area contributed by atoms with Gasteiger partial charge < -0.3 is 20.4 Å². The molecule has 3 aromatic rings. The number of nitrogens with one attached hydrogen (secondary N) is 2. The summed E-state index contributed by atoms with van der Waals surface area (Å²) in [4.78, 5) is 41.1. The SMILES string of the molecule is CC(=O)Nc1ccc(N2CCN(C(=O)c3cccc(F)c3)CC2)c(C(=O)NCc2ccc(F)cc2)c1. The molecule has 7 nitrogen and oxygen atoms in total. The van der Waals surface area contributed by atoms with Crippen molar-refractivity contribution < 1.29 is 23.2 Å². The largest absolute Gasteiger partial charge is 0.367 e. The van der Waals surface area contributed by atoms with Gasteiger partial charge in [0.05, 0.1) is 5.56 Å². The van der Waals surface area contributed by atoms with E-state index >= 15 is 0 Å². The van der Waals surface area contributed by atoms with Crippen LogP contribution >= 0.6 is 0 Å². The van der Waals surface area contributed by atoms with E-state index in [0.717, 1.165) is 5.56 Å². The Morgan fingerprint density at radius 3 is 2.25 bits per heavy atom. The Kier molecular flexibility index (Phi) is 7.58. The highest BCUT2D eigenvalue weighted by Crippen LogP contribution is 2.26. The van der Waals surface area contributed by atoms with Crippen LogP contribution in [0.15, 0.2) is 66.7 Å². The van der Waals surface area contributed by atoms with Crippen molar-refractivity contribution in [1.82, 2.24) is 10.2 Å². The maximum atomic E-state index is 13.5. The molecule has 1 heterocycles. The van der Waals surface area contributed by atoms with Gasteiger partial charge in [-0.1, -0.05) is 18.2 Å². The summed E-state index contributed by atoms with van der Waals surface area (Å²) in [6.45, 7) is 3.34. The Hall–Kier alpha value is -4.27. The monoisotopic (exact) mass is 492 g/mol. The molecule has 0 radical (unpaired) electrons. The molecular weight excluding hydrogens is 466 g/mol. The van der Waals surface area contributed by atoms with Crippen molar-refractivity contribution in [2.75, 3.05) is 36.4 Å². The van der Waals surface area contributed by atoms with Crippen LogP contribution in [0.1, 0.15) is 33.2 Å². The number of benzene rings is 3. The van der Waals surface area contributed by atoms with Crippen LogP contribution in [0.5, 0.6) is 0 Å². The first-order chi connectivity index (χ1) is 17.3. The maximum Gasteiger partial charge on any atom is 0.254 e. The minimum atomic E-state index is -0.463. The summed E-state index contributed by atoms with van der Waals surface area (Å²) in [5.41, 5.74) is 2.56. The van der Waals surface area contributed by atoms with Gasteiger partial charge in [0.1, 0.15) is 11.6 Å². The molecule has 1 aliphatic rings. The number of nitrogens with zero attached hydrogens (tertiary/aromatic N) is 2. The summed E-state index contributed by atoms with van der Waals surface area (Å²) in [5, 5.41) is 5.54. The Morgan fingerprint density at radius 1 is 0.861 bits per heavy atom. The van der Waals surface area contributed by atoms with Crippen molar-refractivity contribution in [2.24, 2.45) is 0 Å². The second-order valence-corrected chi connectivity index (χ2v) is 8.51. The third kappa shape index (κ3) is 6.04. The van der Waals surface area contributed by atoms with Gasteiger partial charge in [-0.05, 0) is 54.1 Å². The van der Waals surface area contributed by atoms with Crippen LogP contribution < -0.4 is 15.5 Å². The molecule has 2 N–H and O–H groups in total. The predicted octanol–water partition coefficient (Wildman–Crippen LogP) is 3.82. The third-order valence-corrected chi connectivity index (χ3v) is 5.91. The highest BCUT2D eigenvalue weighted by Gasteiger charge is 2.25. The van der Waals surface area contributed by atoms with Crippen molar-refractivity contribution in [3.05, 3.63) is 95.1 Å². The normalized spacial score (nSPS) is 13.3. The number of carbonyl (C=O) groups excluding carboxylic acids is 3. The summed E-state index contributed by atoms with van der Waals surface area (Å²) in [7, 11) is 0. The summed E-state index contributed by atoms with van der Waals surface area (Å²) in [5.74, 6) is -1.67. The van der Waals surface area contributed by atoms with Gasteiger partial charge >= 0.3 is 0 Å². The van der Waals surface area contributed by atoms with Crippen LogP contribution in [0.2, 0.25) is 0 Å². The predicted molar refractivity (Wildman–Crippen MR) is 133 cm³/mol. The van der Waals surface area contributed by atoms with Gasteiger partial charge in [-0.2, -0.15) is 0 Å². The van der Waals surface area contributed by atoms with E-state index in [0.29, 0.717) is 48.7 Å². The Labute approximate surface area is 207 Å². The first kappa shape index (κ1) is 24.8. The molecule has 36 heavy (non-hydrogen) atoms. The molecule has 186 valence electrons. The number of rotatable bonds is 6. The second kappa shape index (κ2) is 11.0. The average Bonchev–Trinajstić information content (AvgIpc) is 2.87. The molecule has 9 heteroatoms. The average molecular weight is 493 g/mol. The first-order valence-electron chi connectivity index (χ1n) is 11.5. The van der Waals surface area contributed by atoms with Gasteiger partial charge in [-0.15, -0.1) is 0 Å². The Bertz CT molecular complexity index is 1270. The summed E-state index contributed by atoms with van der Waals surface area (Å²) >= 11 is 0. The number of anilines is 2. The van der Waals surface area contributed by atoms with E-state index in [1.54, 1.807) is 41.3 Å². The third-order valence-electron chi connectivity index (χ3n) is 5.91.